The molecule has 1 fully saturated rings. The second kappa shape index (κ2) is 5.13. The number of fused-ring (bicyclic) bond motifs is 1. The van der Waals surface area contributed by atoms with Crippen LogP contribution < -0.4 is 10.6 Å². The molecular formula is C14H22N4S. The van der Waals surface area contributed by atoms with Crippen molar-refractivity contribution in [2.75, 3.05) is 18.0 Å². The van der Waals surface area contributed by atoms with Gasteiger partial charge in [-0.05, 0) is 18.8 Å². The smallest absolute Gasteiger partial charge is 0.195 e. The van der Waals surface area contributed by atoms with E-state index in [1.807, 2.05) is 0 Å². The number of imidazole rings is 1. The molecule has 0 bridgehead atoms. The molecule has 2 unspecified atom stereocenters. The van der Waals surface area contributed by atoms with Crippen molar-refractivity contribution in [1.29, 1.82) is 0 Å². The van der Waals surface area contributed by atoms with Gasteiger partial charge in [0.05, 0.1) is 5.69 Å². The van der Waals surface area contributed by atoms with Crippen LogP contribution in [-0.4, -0.2) is 28.5 Å². The van der Waals surface area contributed by atoms with E-state index >= 15 is 0 Å². The maximum absolute atomic E-state index is 6.16. The molecule has 3 heterocycles. The molecule has 2 aromatic rings. The first-order valence-corrected chi connectivity index (χ1v) is 8.02. The number of nitrogens with two attached hydrogens (primary N) is 1. The number of thiazole rings is 1. The summed E-state index contributed by atoms with van der Waals surface area (Å²) in [6.07, 6.45) is 5.31. The SMILES string of the molecule is CCC(N)Cc1c(N2CCC(C)C2)nc2sccn12. The summed E-state index contributed by atoms with van der Waals surface area (Å²) in [6.45, 7) is 6.71. The van der Waals surface area contributed by atoms with Crippen LogP contribution >= 0.6 is 11.3 Å². The zero-order chi connectivity index (χ0) is 13.4. The molecule has 2 atom stereocenters. The van der Waals surface area contributed by atoms with E-state index in [1.165, 1.54) is 17.9 Å². The van der Waals surface area contributed by atoms with Gasteiger partial charge in [0, 0.05) is 37.1 Å². The monoisotopic (exact) mass is 278 g/mol. The molecule has 0 aliphatic carbocycles. The quantitative estimate of drug-likeness (QED) is 0.935. The van der Waals surface area contributed by atoms with Gasteiger partial charge in [-0.25, -0.2) is 4.98 Å². The molecule has 1 saturated heterocycles. The van der Waals surface area contributed by atoms with Crippen molar-refractivity contribution in [1.82, 2.24) is 9.38 Å². The summed E-state index contributed by atoms with van der Waals surface area (Å²) in [5.74, 6) is 1.94. The number of hydrogen-bond donors (Lipinski definition) is 1. The van der Waals surface area contributed by atoms with Crippen molar-refractivity contribution >= 4 is 22.1 Å². The Kier molecular flexibility index (Phi) is 3.50. The Labute approximate surface area is 118 Å². The maximum atomic E-state index is 6.16. The molecular weight excluding hydrogens is 256 g/mol. The first-order valence-electron chi connectivity index (χ1n) is 7.14. The van der Waals surface area contributed by atoms with Crippen LogP contribution in [0.3, 0.4) is 0 Å². The standard InChI is InChI=1S/C14H22N4S/c1-3-11(15)8-12-13(17-5-4-10(2)9-17)16-14-18(12)6-7-19-14/h6-7,10-11H,3-5,8-9,15H2,1-2H3. The number of hydrogen-bond acceptors (Lipinski definition) is 4. The molecule has 0 radical (unpaired) electrons. The minimum Gasteiger partial charge on any atom is -0.355 e. The van der Waals surface area contributed by atoms with Crippen LogP contribution in [-0.2, 0) is 6.42 Å². The largest absolute Gasteiger partial charge is 0.355 e. The van der Waals surface area contributed by atoms with Crippen molar-refractivity contribution in [3.63, 3.8) is 0 Å². The van der Waals surface area contributed by atoms with Gasteiger partial charge < -0.3 is 10.6 Å². The Balaban J connectivity index is 1.97. The molecule has 0 aromatic carbocycles. The van der Waals surface area contributed by atoms with Crippen LogP contribution in [0.4, 0.5) is 5.82 Å². The molecule has 1 aliphatic heterocycles. The predicted molar refractivity (Wildman–Crippen MR) is 81.0 cm³/mol. The van der Waals surface area contributed by atoms with Gasteiger partial charge in [0.15, 0.2) is 10.8 Å². The maximum Gasteiger partial charge on any atom is 0.195 e. The van der Waals surface area contributed by atoms with Gasteiger partial charge in [-0.2, -0.15) is 0 Å². The van der Waals surface area contributed by atoms with Crippen LogP contribution in [0.5, 0.6) is 0 Å². The number of anilines is 1. The van der Waals surface area contributed by atoms with Crippen LogP contribution in [0.2, 0.25) is 0 Å². The van der Waals surface area contributed by atoms with E-state index in [0.29, 0.717) is 0 Å². The molecule has 2 aromatic heterocycles. The highest BCUT2D eigenvalue weighted by Crippen LogP contribution is 2.29. The molecule has 0 spiro atoms. The second-order valence-electron chi connectivity index (χ2n) is 5.65. The fraction of sp³-hybridized carbons (Fsp3) is 0.643. The highest BCUT2D eigenvalue weighted by atomic mass is 32.1. The molecule has 5 heteroatoms. The molecule has 2 N–H and O–H groups in total. The Bertz CT molecular complexity index is 559. The highest BCUT2D eigenvalue weighted by Gasteiger charge is 2.25. The molecule has 0 amide bonds. The summed E-state index contributed by atoms with van der Waals surface area (Å²) in [5, 5.41) is 2.10. The second-order valence-corrected chi connectivity index (χ2v) is 6.52. The summed E-state index contributed by atoms with van der Waals surface area (Å²) >= 11 is 1.70. The van der Waals surface area contributed by atoms with Crippen LogP contribution in [0.1, 0.15) is 32.4 Å². The third-order valence-corrected chi connectivity index (χ3v) is 4.80. The lowest BCUT2D eigenvalue weighted by molar-refractivity contribution is 0.631. The third-order valence-electron chi connectivity index (χ3n) is 4.04. The van der Waals surface area contributed by atoms with Gasteiger partial charge in [-0.1, -0.05) is 13.8 Å². The van der Waals surface area contributed by atoms with Crippen LogP contribution in [0, 0.1) is 5.92 Å². The van der Waals surface area contributed by atoms with Gasteiger partial charge in [0.2, 0.25) is 0 Å². The minimum absolute atomic E-state index is 0.221. The van der Waals surface area contributed by atoms with Crippen LogP contribution in [0.15, 0.2) is 11.6 Å². The molecule has 104 valence electrons. The lowest BCUT2D eigenvalue weighted by atomic mass is 10.1. The lowest BCUT2D eigenvalue weighted by Crippen LogP contribution is -2.26. The van der Waals surface area contributed by atoms with E-state index in [4.69, 9.17) is 10.7 Å². The lowest BCUT2D eigenvalue weighted by Gasteiger charge is -2.18. The first kappa shape index (κ1) is 12.9. The van der Waals surface area contributed by atoms with Crippen molar-refractivity contribution in [2.24, 2.45) is 11.7 Å². The summed E-state index contributed by atoms with van der Waals surface area (Å²) in [6, 6.07) is 0.221. The van der Waals surface area contributed by atoms with E-state index < -0.39 is 0 Å². The Hall–Kier alpha value is -1.07. The van der Waals surface area contributed by atoms with Gasteiger partial charge in [0.25, 0.3) is 0 Å². The highest BCUT2D eigenvalue weighted by molar-refractivity contribution is 7.15. The molecule has 4 nitrogen and oxygen atoms in total. The molecule has 0 saturated carbocycles. The van der Waals surface area contributed by atoms with E-state index in [9.17, 15) is 0 Å². The zero-order valence-electron chi connectivity index (χ0n) is 11.7. The van der Waals surface area contributed by atoms with Gasteiger partial charge in [-0.15, -0.1) is 11.3 Å². The summed E-state index contributed by atoms with van der Waals surface area (Å²) < 4.78 is 2.22. The average molecular weight is 278 g/mol. The van der Waals surface area contributed by atoms with E-state index in [-0.39, 0.29) is 6.04 Å². The third kappa shape index (κ3) is 2.37. The topological polar surface area (TPSA) is 46.6 Å². The Morgan fingerprint density at radius 1 is 1.58 bits per heavy atom. The summed E-state index contributed by atoms with van der Waals surface area (Å²) in [5.41, 5.74) is 7.45. The average Bonchev–Trinajstić information content (AvgIpc) is 3.06. The predicted octanol–water partition coefficient (Wildman–Crippen LogP) is 2.52. The number of rotatable bonds is 4. The summed E-state index contributed by atoms with van der Waals surface area (Å²) in [7, 11) is 0. The van der Waals surface area contributed by atoms with E-state index in [0.717, 1.165) is 36.8 Å². The van der Waals surface area contributed by atoms with Crippen molar-refractivity contribution in [2.45, 2.75) is 39.2 Å². The van der Waals surface area contributed by atoms with E-state index in [2.05, 4.69) is 34.7 Å². The normalized spacial score (nSPS) is 21.4. The minimum atomic E-state index is 0.221. The zero-order valence-corrected chi connectivity index (χ0v) is 12.5. The van der Waals surface area contributed by atoms with Gasteiger partial charge >= 0.3 is 0 Å². The van der Waals surface area contributed by atoms with Gasteiger partial charge in [0.1, 0.15) is 0 Å². The number of nitrogens with zero attached hydrogens (tertiary/aromatic N) is 3. The fourth-order valence-electron chi connectivity index (χ4n) is 2.78. The molecule has 3 rings (SSSR count). The van der Waals surface area contributed by atoms with Crippen molar-refractivity contribution in [3.05, 3.63) is 17.3 Å². The fourth-order valence-corrected chi connectivity index (χ4v) is 3.51. The van der Waals surface area contributed by atoms with Crippen molar-refractivity contribution in [3.8, 4) is 0 Å². The Morgan fingerprint density at radius 2 is 2.42 bits per heavy atom. The first-order chi connectivity index (χ1) is 9.19. The Morgan fingerprint density at radius 3 is 3.11 bits per heavy atom. The van der Waals surface area contributed by atoms with E-state index in [1.54, 1.807) is 11.3 Å². The van der Waals surface area contributed by atoms with Crippen molar-refractivity contribution < 1.29 is 0 Å². The van der Waals surface area contributed by atoms with Crippen LogP contribution in [0.25, 0.3) is 4.96 Å². The summed E-state index contributed by atoms with van der Waals surface area (Å²) in [4.78, 5) is 8.35. The number of aromatic nitrogens is 2. The molecule has 1 aliphatic rings. The molecule has 19 heavy (non-hydrogen) atoms. The van der Waals surface area contributed by atoms with Gasteiger partial charge in [-0.3, -0.25) is 4.40 Å².